The average molecular weight is 410 g/mol. The van der Waals surface area contributed by atoms with Crippen LogP contribution in [0.25, 0.3) is 10.9 Å². The molecular weight excluding hydrogens is 392 g/mol. The van der Waals surface area contributed by atoms with Crippen LogP contribution in [-0.2, 0) is 20.7 Å². The first kappa shape index (κ1) is 20.5. The van der Waals surface area contributed by atoms with E-state index in [1.54, 1.807) is 30.3 Å². The van der Waals surface area contributed by atoms with Crippen molar-refractivity contribution in [3.63, 3.8) is 0 Å². The van der Waals surface area contributed by atoms with Gasteiger partial charge in [-0.1, -0.05) is 12.1 Å². The Morgan fingerprint density at radius 3 is 2.53 bits per heavy atom. The number of amides is 2. The molecule has 0 atom stereocenters. The molecule has 0 spiro atoms. The Kier molecular flexibility index (Phi) is 6.06. The molecule has 2 aromatic carbocycles. The Bertz CT molecular complexity index is 1120. The van der Waals surface area contributed by atoms with E-state index < -0.39 is 16.8 Å². The summed E-state index contributed by atoms with van der Waals surface area (Å²) in [4.78, 5) is 48.8. The molecule has 0 fully saturated rings. The van der Waals surface area contributed by atoms with E-state index in [2.05, 4.69) is 20.4 Å². The molecule has 0 aliphatic carbocycles. The van der Waals surface area contributed by atoms with Gasteiger partial charge < -0.3 is 20.4 Å². The molecule has 0 bridgehead atoms. The van der Waals surface area contributed by atoms with E-state index in [1.807, 2.05) is 0 Å². The molecular formula is C20H18N4O6. The van der Waals surface area contributed by atoms with Gasteiger partial charge in [-0.2, -0.15) is 0 Å². The van der Waals surface area contributed by atoms with Crippen molar-refractivity contribution in [3.05, 3.63) is 69.9 Å². The Hall–Kier alpha value is -4.21. The lowest BCUT2D eigenvalue weighted by Gasteiger charge is -2.07. The average Bonchev–Trinajstić information content (AvgIpc) is 3.16. The Morgan fingerprint density at radius 2 is 1.87 bits per heavy atom. The third-order valence-electron chi connectivity index (χ3n) is 4.35. The van der Waals surface area contributed by atoms with Crippen molar-refractivity contribution in [2.24, 2.45) is 0 Å². The van der Waals surface area contributed by atoms with Crippen LogP contribution in [0.15, 0.2) is 48.7 Å². The van der Waals surface area contributed by atoms with E-state index in [9.17, 15) is 24.5 Å². The molecule has 0 saturated carbocycles. The van der Waals surface area contributed by atoms with Crippen molar-refractivity contribution in [2.45, 2.75) is 6.42 Å². The molecule has 30 heavy (non-hydrogen) atoms. The van der Waals surface area contributed by atoms with Crippen LogP contribution in [0.3, 0.4) is 0 Å². The number of nitrogens with one attached hydrogen (secondary N) is 3. The van der Waals surface area contributed by atoms with Crippen LogP contribution >= 0.6 is 0 Å². The van der Waals surface area contributed by atoms with E-state index in [0.717, 1.165) is 0 Å². The van der Waals surface area contributed by atoms with E-state index in [-0.39, 0.29) is 30.1 Å². The largest absolute Gasteiger partial charge is 0.468 e. The fraction of sp³-hybridized carbons (Fsp3) is 0.150. The summed E-state index contributed by atoms with van der Waals surface area (Å²) >= 11 is 0. The van der Waals surface area contributed by atoms with Gasteiger partial charge in [-0.25, -0.2) is 0 Å². The van der Waals surface area contributed by atoms with Crippen LogP contribution in [0.5, 0.6) is 0 Å². The lowest BCUT2D eigenvalue weighted by Crippen LogP contribution is -2.31. The maximum atomic E-state index is 12.6. The van der Waals surface area contributed by atoms with Gasteiger partial charge in [0.1, 0.15) is 6.54 Å². The van der Waals surface area contributed by atoms with E-state index in [1.165, 1.54) is 25.4 Å². The number of nitro benzene ring substituents is 1. The molecule has 0 unspecified atom stereocenters. The number of hydrogen-bond donors (Lipinski definition) is 3. The van der Waals surface area contributed by atoms with Crippen LogP contribution < -0.4 is 10.6 Å². The zero-order valence-electron chi connectivity index (χ0n) is 15.9. The summed E-state index contributed by atoms with van der Waals surface area (Å²) in [6, 6.07) is 10.9. The first-order valence-corrected chi connectivity index (χ1v) is 8.86. The van der Waals surface area contributed by atoms with Gasteiger partial charge in [0.15, 0.2) is 0 Å². The lowest BCUT2D eigenvalue weighted by atomic mass is 10.1. The molecule has 0 aliphatic heterocycles. The van der Waals surface area contributed by atoms with Crippen molar-refractivity contribution >= 4 is 40.1 Å². The van der Waals surface area contributed by atoms with Gasteiger partial charge in [0.05, 0.1) is 24.0 Å². The predicted molar refractivity (Wildman–Crippen MR) is 108 cm³/mol. The number of nitro groups is 1. The van der Waals surface area contributed by atoms with Crippen molar-refractivity contribution in [2.75, 3.05) is 19.0 Å². The maximum Gasteiger partial charge on any atom is 0.325 e. The number of benzene rings is 2. The number of aromatic amines is 1. The van der Waals surface area contributed by atoms with Gasteiger partial charge in [0, 0.05) is 34.9 Å². The molecule has 0 saturated heterocycles. The zero-order valence-corrected chi connectivity index (χ0v) is 15.9. The zero-order chi connectivity index (χ0) is 21.7. The number of aromatic nitrogens is 1. The van der Waals surface area contributed by atoms with Crippen molar-refractivity contribution < 1.29 is 24.0 Å². The number of H-pyrrole nitrogens is 1. The number of ether oxygens (including phenoxy) is 1. The first-order valence-electron chi connectivity index (χ1n) is 8.86. The normalized spacial score (nSPS) is 10.4. The second-order valence-electron chi connectivity index (χ2n) is 6.37. The number of rotatable bonds is 7. The minimum Gasteiger partial charge on any atom is -0.468 e. The summed E-state index contributed by atoms with van der Waals surface area (Å²) in [7, 11) is 1.24. The van der Waals surface area contributed by atoms with Crippen molar-refractivity contribution in [1.82, 2.24) is 10.3 Å². The molecule has 3 rings (SSSR count). The molecule has 2 amide bonds. The summed E-state index contributed by atoms with van der Waals surface area (Å²) < 4.78 is 4.45. The molecule has 3 N–H and O–H groups in total. The summed E-state index contributed by atoms with van der Waals surface area (Å²) in [5.74, 6) is -1.30. The summed E-state index contributed by atoms with van der Waals surface area (Å²) in [6.07, 6.45) is 1.56. The molecule has 1 aromatic heterocycles. The highest BCUT2D eigenvalue weighted by Crippen LogP contribution is 2.24. The fourth-order valence-electron chi connectivity index (χ4n) is 2.81. The third kappa shape index (κ3) is 4.79. The van der Waals surface area contributed by atoms with Crippen LogP contribution in [0.4, 0.5) is 11.4 Å². The second-order valence-corrected chi connectivity index (χ2v) is 6.37. The SMILES string of the molecule is COC(=O)CNC(=O)Cc1ccc(NC(=O)c2c[nH]c3ccc([N+](=O)[O-])cc23)cc1. The first-order chi connectivity index (χ1) is 14.4. The highest BCUT2D eigenvalue weighted by molar-refractivity contribution is 6.13. The number of carbonyl (C=O) groups excluding carboxylic acids is 3. The molecule has 3 aromatic rings. The summed E-state index contributed by atoms with van der Waals surface area (Å²) in [5, 5.41) is 16.6. The van der Waals surface area contributed by atoms with Crippen LogP contribution in [0.2, 0.25) is 0 Å². The topological polar surface area (TPSA) is 143 Å². The minimum atomic E-state index is -0.538. The number of fused-ring (bicyclic) bond motifs is 1. The maximum absolute atomic E-state index is 12.6. The molecule has 10 nitrogen and oxygen atoms in total. The fourth-order valence-corrected chi connectivity index (χ4v) is 2.81. The van der Waals surface area contributed by atoms with Crippen molar-refractivity contribution in [3.8, 4) is 0 Å². The lowest BCUT2D eigenvalue weighted by molar-refractivity contribution is -0.384. The Balaban J connectivity index is 1.65. The minimum absolute atomic E-state index is 0.0668. The highest BCUT2D eigenvalue weighted by Gasteiger charge is 2.16. The third-order valence-corrected chi connectivity index (χ3v) is 4.35. The van der Waals surface area contributed by atoms with E-state index >= 15 is 0 Å². The van der Waals surface area contributed by atoms with E-state index in [0.29, 0.717) is 22.2 Å². The highest BCUT2D eigenvalue weighted by atomic mass is 16.6. The number of carbonyl (C=O) groups is 3. The second kappa shape index (κ2) is 8.86. The van der Waals surface area contributed by atoms with Gasteiger partial charge in [-0.15, -0.1) is 0 Å². The van der Waals surface area contributed by atoms with Gasteiger partial charge in [-0.05, 0) is 23.8 Å². The molecule has 0 radical (unpaired) electrons. The molecule has 154 valence electrons. The predicted octanol–water partition coefficient (Wildman–Crippen LogP) is 2.16. The monoisotopic (exact) mass is 410 g/mol. The van der Waals surface area contributed by atoms with Gasteiger partial charge in [0.2, 0.25) is 5.91 Å². The summed E-state index contributed by atoms with van der Waals surface area (Å²) in [6.45, 7) is -0.202. The van der Waals surface area contributed by atoms with Crippen LogP contribution in [-0.4, -0.2) is 41.3 Å². The Morgan fingerprint density at radius 1 is 1.13 bits per heavy atom. The number of methoxy groups -OCH3 is 1. The van der Waals surface area contributed by atoms with Gasteiger partial charge in [0.25, 0.3) is 11.6 Å². The number of nitrogens with zero attached hydrogens (tertiary/aromatic N) is 1. The van der Waals surface area contributed by atoms with Crippen molar-refractivity contribution in [1.29, 1.82) is 0 Å². The van der Waals surface area contributed by atoms with Gasteiger partial charge in [-0.3, -0.25) is 24.5 Å². The van der Waals surface area contributed by atoms with Gasteiger partial charge >= 0.3 is 5.97 Å². The number of esters is 1. The summed E-state index contributed by atoms with van der Waals surface area (Å²) in [5.41, 5.74) is 1.97. The van der Waals surface area contributed by atoms with Crippen LogP contribution in [0, 0.1) is 10.1 Å². The smallest absolute Gasteiger partial charge is 0.325 e. The number of anilines is 1. The Labute approximate surface area is 170 Å². The number of non-ortho nitro benzene ring substituents is 1. The standard InChI is InChI=1S/C20H18N4O6/c1-30-19(26)11-22-18(25)8-12-2-4-13(5-3-12)23-20(27)16-10-21-17-7-6-14(24(28)29)9-15(16)17/h2-7,9-10,21H,8,11H2,1H3,(H,22,25)(H,23,27). The molecule has 10 heteroatoms. The number of hydrogen-bond acceptors (Lipinski definition) is 6. The molecule has 0 aliphatic rings. The van der Waals surface area contributed by atoms with Crippen LogP contribution in [0.1, 0.15) is 15.9 Å². The van der Waals surface area contributed by atoms with E-state index in [4.69, 9.17) is 0 Å². The molecule has 1 heterocycles. The quantitative estimate of drug-likeness (QED) is 0.309.